The smallest absolute Gasteiger partial charge is 0.410 e. The second-order valence-electron chi connectivity index (χ2n) is 11.5. The molecule has 13 heteroatoms. The van der Waals surface area contributed by atoms with E-state index >= 15 is 0 Å². The van der Waals surface area contributed by atoms with E-state index in [4.69, 9.17) is 15.6 Å². The molecule has 0 radical (unpaired) electrons. The normalized spacial score (nSPS) is 14.1. The van der Waals surface area contributed by atoms with E-state index in [0.717, 1.165) is 37.8 Å². The number of amides is 2. The number of nitrogens with two attached hydrogens (primary N) is 1. The van der Waals surface area contributed by atoms with Gasteiger partial charge in [-0.15, -0.1) is 0 Å². The van der Waals surface area contributed by atoms with Gasteiger partial charge in [0.1, 0.15) is 11.3 Å². The number of carbonyl (C=O) groups excluding carboxylic acids is 2. The second kappa shape index (κ2) is 13.5. The highest BCUT2D eigenvalue weighted by atomic mass is 16.6. The summed E-state index contributed by atoms with van der Waals surface area (Å²) in [4.78, 5) is 42.0. The van der Waals surface area contributed by atoms with Gasteiger partial charge < -0.3 is 25.8 Å². The van der Waals surface area contributed by atoms with Crippen molar-refractivity contribution in [1.29, 1.82) is 0 Å². The first kappa shape index (κ1) is 30.5. The zero-order chi connectivity index (χ0) is 30.3. The van der Waals surface area contributed by atoms with Crippen molar-refractivity contribution in [2.24, 2.45) is 0 Å². The molecule has 3 aromatic heterocycles. The largest absolute Gasteiger partial charge is 0.477 e. The molecule has 4 N–H and O–H groups in total. The third kappa shape index (κ3) is 8.30. The number of hydrogen-bond acceptors (Lipinski definition) is 8. The van der Waals surface area contributed by atoms with Gasteiger partial charge in [-0.3, -0.25) is 14.2 Å². The molecule has 226 valence electrons. The Hall–Kier alpha value is -4.42. The molecule has 13 nitrogen and oxygen atoms in total. The van der Waals surface area contributed by atoms with Gasteiger partial charge in [-0.25, -0.2) is 14.6 Å². The Morgan fingerprint density at radius 1 is 1.10 bits per heavy atom. The average Bonchev–Trinajstić information content (AvgIpc) is 3.58. The zero-order valence-corrected chi connectivity index (χ0v) is 24.5. The van der Waals surface area contributed by atoms with Crippen molar-refractivity contribution < 1.29 is 24.2 Å². The second-order valence-corrected chi connectivity index (χ2v) is 11.5. The summed E-state index contributed by atoms with van der Waals surface area (Å²) in [6, 6.07) is 4.95. The number of carboxylic acid groups (broad SMARTS) is 1. The van der Waals surface area contributed by atoms with Crippen molar-refractivity contribution in [2.75, 3.05) is 25.4 Å². The van der Waals surface area contributed by atoms with Crippen LogP contribution in [-0.2, 0) is 11.3 Å². The zero-order valence-electron chi connectivity index (χ0n) is 24.5. The highest BCUT2D eigenvalue weighted by Gasteiger charge is 2.28. The molecule has 2 amide bonds. The number of anilines is 1. The van der Waals surface area contributed by atoms with Gasteiger partial charge in [-0.1, -0.05) is 18.9 Å². The van der Waals surface area contributed by atoms with E-state index in [1.165, 1.54) is 6.07 Å². The Morgan fingerprint density at radius 3 is 2.55 bits per heavy atom. The fourth-order valence-corrected chi connectivity index (χ4v) is 4.78. The number of pyridine rings is 1. The van der Waals surface area contributed by atoms with E-state index in [1.807, 2.05) is 31.6 Å². The van der Waals surface area contributed by atoms with Crippen LogP contribution >= 0.6 is 0 Å². The number of unbranched alkanes of at least 4 members (excludes halogenated alkanes) is 3. The van der Waals surface area contributed by atoms with E-state index in [2.05, 4.69) is 20.5 Å². The summed E-state index contributed by atoms with van der Waals surface area (Å²) >= 11 is 0. The van der Waals surface area contributed by atoms with Crippen LogP contribution in [0.25, 0.3) is 11.3 Å². The van der Waals surface area contributed by atoms with Crippen LogP contribution in [0.15, 0.2) is 36.8 Å². The Morgan fingerprint density at radius 2 is 1.83 bits per heavy atom. The highest BCUT2D eigenvalue weighted by Crippen LogP contribution is 2.25. The number of carboxylic acids is 1. The van der Waals surface area contributed by atoms with Crippen LogP contribution in [0.2, 0.25) is 0 Å². The molecule has 0 saturated carbocycles. The van der Waals surface area contributed by atoms with Gasteiger partial charge >= 0.3 is 12.1 Å². The Bertz CT molecular complexity index is 1380. The molecule has 0 aliphatic carbocycles. The van der Waals surface area contributed by atoms with Crippen molar-refractivity contribution in [1.82, 2.24) is 34.8 Å². The van der Waals surface area contributed by atoms with Gasteiger partial charge in [0.25, 0.3) is 5.91 Å². The van der Waals surface area contributed by atoms with Gasteiger partial charge in [0.15, 0.2) is 5.69 Å². The maximum absolute atomic E-state index is 12.7. The van der Waals surface area contributed by atoms with Crippen LogP contribution in [0.1, 0.15) is 86.3 Å². The van der Waals surface area contributed by atoms with Crippen LogP contribution in [0.5, 0.6) is 0 Å². The maximum atomic E-state index is 12.7. The Balaban J connectivity index is 1.14. The lowest BCUT2D eigenvalue weighted by atomic mass is 10.1. The summed E-state index contributed by atoms with van der Waals surface area (Å²) in [5.74, 6) is -1.35. The number of nitrogen functional groups attached to an aromatic ring is 1. The van der Waals surface area contributed by atoms with E-state index < -0.39 is 11.6 Å². The molecule has 1 saturated heterocycles. The first-order valence-corrected chi connectivity index (χ1v) is 14.3. The summed E-state index contributed by atoms with van der Waals surface area (Å²) in [7, 11) is 0. The minimum Gasteiger partial charge on any atom is -0.477 e. The molecule has 0 bridgehead atoms. The molecular weight excluding hydrogens is 540 g/mol. The SMILES string of the molecule is CC(C)(C)OC(=O)N1CCC(n2cc(N)c(C(=O)NCCCCCCn3cc(-c4cccc(C(=O)O)n4)cn3)n2)CC1. The molecule has 1 fully saturated rings. The Kier molecular flexibility index (Phi) is 9.81. The number of hydrogen-bond donors (Lipinski definition) is 3. The molecule has 4 rings (SSSR count). The summed E-state index contributed by atoms with van der Waals surface area (Å²) < 4.78 is 9.03. The number of aromatic carboxylic acids is 1. The van der Waals surface area contributed by atoms with Crippen LogP contribution in [0.3, 0.4) is 0 Å². The van der Waals surface area contributed by atoms with Gasteiger partial charge in [-0.2, -0.15) is 10.2 Å². The molecule has 0 aromatic carbocycles. The molecule has 0 spiro atoms. The predicted molar refractivity (Wildman–Crippen MR) is 156 cm³/mol. The van der Waals surface area contributed by atoms with Crippen LogP contribution < -0.4 is 11.1 Å². The monoisotopic (exact) mass is 580 g/mol. The molecule has 42 heavy (non-hydrogen) atoms. The van der Waals surface area contributed by atoms with Crippen molar-refractivity contribution in [3.05, 3.63) is 48.2 Å². The number of rotatable bonds is 11. The number of carbonyl (C=O) groups is 3. The van der Waals surface area contributed by atoms with Gasteiger partial charge in [0.2, 0.25) is 0 Å². The van der Waals surface area contributed by atoms with Crippen molar-refractivity contribution >= 4 is 23.7 Å². The fourth-order valence-electron chi connectivity index (χ4n) is 4.78. The molecule has 1 aliphatic rings. The van der Waals surface area contributed by atoms with Crippen LogP contribution in [-0.4, -0.2) is 77.8 Å². The minimum absolute atomic E-state index is 0.000739. The topological polar surface area (TPSA) is 170 Å². The lowest BCUT2D eigenvalue weighted by Gasteiger charge is -2.33. The predicted octanol–water partition coefficient (Wildman–Crippen LogP) is 3.98. The third-order valence-electron chi connectivity index (χ3n) is 6.96. The summed E-state index contributed by atoms with van der Waals surface area (Å²) in [6.07, 6.45) is 10.00. The number of ether oxygens (including phenoxy) is 1. The average molecular weight is 581 g/mol. The lowest BCUT2D eigenvalue weighted by molar-refractivity contribution is 0.0184. The Labute approximate surface area is 245 Å². The van der Waals surface area contributed by atoms with Gasteiger partial charge in [0.05, 0.1) is 23.6 Å². The molecular formula is C29H40N8O5. The summed E-state index contributed by atoms with van der Waals surface area (Å²) in [5.41, 5.74) is 7.49. The minimum atomic E-state index is -1.06. The van der Waals surface area contributed by atoms with E-state index in [9.17, 15) is 14.4 Å². The molecule has 1 aliphatic heterocycles. The number of aryl methyl sites for hydroxylation is 1. The molecule has 0 unspecified atom stereocenters. The quantitative estimate of drug-likeness (QED) is 0.284. The molecule has 3 aromatic rings. The van der Waals surface area contributed by atoms with Gasteiger partial charge in [-0.05, 0) is 58.6 Å². The van der Waals surface area contributed by atoms with E-state index in [-0.39, 0.29) is 29.4 Å². The van der Waals surface area contributed by atoms with Crippen LogP contribution in [0, 0.1) is 0 Å². The standard InChI is InChI=1S/C29H40N8O5/c1-29(2,3)42-28(41)35-15-11-21(12-16-35)37-19-22(30)25(34-37)26(38)31-13-6-4-5-7-14-36-18-20(17-32-36)23-9-8-10-24(33-23)27(39)40/h8-10,17-19,21H,4-7,11-16,30H2,1-3H3,(H,31,38)(H,39,40). The number of piperidine rings is 1. The van der Waals surface area contributed by atoms with Crippen molar-refractivity contribution in [3.8, 4) is 11.3 Å². The van der Waals surface area contributed by atoms with E-state index in [1.54, 1.807) is 34.1 Å². The van der Waals surface area contributed by atoms with Crippen LogP contribution in [0.4, 0.5) is 10.5 Å². The lowest BCUT2D eigenvalue weighted by Crippen LogP contribution is -2.42. The molecule has 0 atom stereocenters. The molecule has 4 heterocycles. The first-order chi connectivity index (χ1) is 20.0. The number of likely N-dealkylation sites (tertiary alicyclic amines) is 1. The van der Waals surface area contributed by atoms with Gasteiger partial charge in [0, 0.05) is 44.1 Å². The fraction of sp³-hybridized carbons (Fsp3) is 0.517. The maximum Gasteiger partial charge on any atom is 0.410 e. The summed E-state index contributed by atoms with van der Waals surface area (Å²) in [5, 5.41) is 20.9. The number of aromatic nitrogens is 5. The number of nitrogens with one attached hydrogen (secondary N) is 1. The third-order valence-corrected chi connectivity index (χ3v) is 6.96. The van der Waals surface area contributed by atoms with E-state index in [0.29, 0.717) is 43.9 Å². The van der Waals surface area contributed by atoms with Crippen molar-refractivity contribution in [2.45, 2.75) is 77.5 Å². The van der Waals surface area contributed by atoms with Crippen molar-refractivity contribution in [3.63, 3.8) is 0 Å². The summed E-state index contributed by atoms with van der Waals surface area (Å²) in [6.45, 7) is 7.92. The highest BCUT2D eigenvalue weighted by molar-refractivity contribution is 5.97. The first-order valence-electron chi connectivity index (χ1n) is 14.3. The number of nitrogens with zero attached hydrogens (tertiary/aromatic N) is 6.